The highest BCUT2D eigenvalue weighted by Crippen LogP contribution is 2.23. The lowest BCUT2D eigenvalue weighted by Crippen LogP contribution is -2.16. The molecule has 1 atom stereocenters. The Kier molecular flexibility index (Phi) is 8.60. The normalized spacial score (nSPS) is 12.6. The molecule has 0 aliphatic heterocycles. The summed E-state index contributed by atoms with van der Waals surface area (Å²) >= 11 is 0. The van der Waals surface area contributed by atoms with E-state index >= 15 is 0 Å². The first-order valence-electron chi connectivity index (χ1n) is 8.55. The molecule has 0 radical (unpaired) electrons. The van der Waals surface area contributed by atoms with E-state index in [1.54, 1.807) is 0 Å². The van der Waals surface area contributed by atoms with Gasteiger partial charge in [-0.05, 0) is 43.0 Å². The van der Waals surface area contributed by atoms with Crippen LogP contribution in [0.4, 0.5) is 0 Å². The maximum atomic E-state index is 3.50. The van der Waals surface area contributed by atoms with Crippen LogP contribution in [0.1, 0.15) is 82.0 Å². The third-order valence-electron chi connectivity index (χ3n) is 4.34. The lowest BCUT2D eigenvalue weighted by Gasteiger charge is -2.19. The predicted molar refractivity (Wildman–Crippen MR) is 90.4 cm³/mol. The topological polar surface area (TPSA) is 12.0 Å². The van der Waals surface area contributed by atoms with E-state index in [0.717, 1.165) is 12.8 Å². The SMILES string of the molecule is CCCCCCCC(NC)c1ccc(CC)c(CC)c1. The molecule has 0 amide bonds. The molecular weight excluding hydrogens is 242 g/mol. The lowest BCUT2D eigenvalue weighted by atomic mass is 9.94. The summed E-state index contributed by atoms with van der Waals surface area (Å²) < 4.78 is 0. The Labute approximate surface area is 126 Å². The monoisotopic (exact) mass is 275 g/mol. The Morgan fingerprint density at radius 3 is 2.20 bits per heavy atom. The fourth-order valence-corrected chi connectivity index (χ4v) is 2.97. The van der Waals surface area contributed by atoms with Crippen molar-refractivity contribution >= 4 is 0 Å². The van der Waals surface area contributed by atoms with E-state index in [-0.39, 0.29) is 0 Å². The summed E-state index contributed by atoms with van der Waals surface area (Å²) in [4.78, 5) is 0. The molecule has 1 rings (SSSR count). The predicted octanol–water partition coefficient (Wildman–Crippen LogP) is 5.43. The fraction of sp³-hybridized carbons (Fsp3) is 0.684. The second kappa shape index (κ2) is 9.99. The summed E-state index contributed by atoms with van der Waals surface area (Å²) in [5.74, 6) is 0. The molecular formula is C19H33N. The van der Waals surface area contributed by atoms with Crippen LogP contribution in [0.3, 0.4) is 0 Å². The van der Waals surface area contributed by atoms with Gasteiger partial charge in [-0.15, -0.1) is 0 Å². The molecule has 0 aliphatic carbocycles. The highest BCUT2D eigenvalue weighted by atomic mass is 14.9. The van der Waals surface area contributed by atoms with Crippen molar-refractivity contribution in [1.82, 2.24) is 5.32 Å². The molecule has 1 heteroatoms. The minimum absolute atomic E-state index is 0.521. The first kappa shape index (κ1) is 17.2. The molecule has 0 saturated carbocycles. The van der Waals surface area contributed by atoms with Gasteiger partial charge in [-0.2, -0.15) is 0 Å². The Morgan fingerprint density at radius 1 is 0.900 bits per heavy atom. The third-order valence-corrected chi connectivity index (χ3v) is 4.34. The van der Waals surface area contributed by atoms with E-state index in [1.165, 1.54) is 55.2 Å². The van der Waals surface area contributed by atoms with Gasteiger partial charge in [-0.3, -0.25) is 0 Å². The van der Waals surface area contributed by atoms with Crippen molar-refractivity contribution in [2.24, 2.45) is 0 Å². The summed E-state index contributed by atoms with van der Waals surface area (Å²) in [6.45, 7) is 6.78. The first-order valence-corrected chi connectivity index (χ1v) is 8.55. The molecule has 0 fully saturated rings. The standard InChI is InChI=1S/C19H33N/c1-5-8-9-10-11-12-19(20-4)18-14-13-16(6-2)17(7-3)15-18/h13-15,19-20H,5-12H2,1-4H3. The van der Waals surface area contributed by atoms with Gasteiger partial charge in [-0.1, -0.05) is 71.1 Å². The summed E-state index contributed by atoms with van der Waals surface area (Å²) in [5, 5.41) is 3.50. The molecule has 1 aromatic carbocycles. The molecule has 0 spiro atoms. The zero-order valence-corrected chi connectivity index (χ0v) is 14.0. The minimum atomic E-state index is 0.521. The maximum absolute atomic E-state index is 3.50. The number of rotatable bonds is 10. The smallest absolute Gasteiger partial charge is 0.0317 e. The Balaban J connectivity index is 2.60. The second-order valence-electron chi connectivity index (χ2n) is 5.78. The van der Waals surface area contributed by atoms with Crippen LogP contribution < -0.4 is 5.32 Å². The van der Waals surface area contributed by atoms with Crippen LogP contribution in [0.5, 0.6) is 0 Å². The van der Waals surface area contributed by atoms with Gasteiger partial charge < -0.3 is 5.32 Å². The molecule has 20 heavy (non-hydrogen) atoms. The summed E-state index contributed by atoms with van der Waals surface area (Å²) in [7, 11) is 2.09. The minimum Gasteiger partial charge on any atom is -0.313 e. The number of unbranched alkanes of at least 4 members (excludes halogenated alkanes) is 4. The van der Waals surface area contributed by atoms with Gasteiger partial charge in [0.15, 0.2) is 0 Å². The van der Waals surface area contributed by atoms with Crippen LogP contribution in [-0.2, 0) is 12.8 Å². The molecule has 1 N–H and O–H groups in total. The van der Waals surface area contributed by atoms with Gasteiger partial charge >= 0.3 is 0 Å². The van der Waals surface area contributed by atoms with Crippen molar-refractivity contribution in [3.63, 3.8) is 0 Å². The highest BCUT2D eigenvalue weighted by Gasteiger charge is 2.10. The quantitative estimate of drug-likeness (QED) is 0.561. The van der Waals surface area contributed by atoms with Crippen molar-refractivity contribution in [3.8, 4) is 0 Å². The van der Waals surface area contributed by atoms with Crippen LogP contribution in [0.15, 0.2) is 18.2 Å². The van der Waals surface area contributed by atoms with Crippen molar-refractivity contribution in [2.75, 3.05) is 7.05 Å². The Hall–Kier alpha value is -0.820. The second-order valence-corrected chi connectivity index (χ2v) is 5.78. The molecule has 114 valence electrons. The zero-order valence-electron chi connectivity index (χ0n) is 14.0. The number of aryl methyl sites for hydroxylation is 2. The molecule has 0 aliphatic rings. The van der Waals surface area contributed by atoms with Gasteiger partial charge in [0.05, 0.1) is 0 Å². The van der Waals surface area contributed by atoms with E-state index in [2.05, 4.69) is 51.3 Å². The van der Waals surface area contributed by atoms with Crippen LogP contribution in [0, 0.1) is 0 Å². The molecule has 1 nitrogen and oxygen atoms in total. The number of benzene rings is 1. The molecule has 1 unspecified atom stereocenters. The largest absolute Gasteiger partial charge is 0.313 e. The van der Waals surface area contributed by atoms with E-state index < -0.39 is 0 Å². The van der Waals surface area contributed by atoms with E-state index in [1.807, 2.05) is 0 Å². The highest BCUT2D eigenvalue weighted by molar-refractivity contribution is 5.33. The number of nitrogens with one attached hydrogen (secondary N) is 1. The third kappa shape index (κ3) is 5.28. The van der Waals surface area contributed by atoms with Crippen molar-refractivity contribution in [2.45, 2.75) is 78.2 Å². The molecule has 0 saturated heterocycles. The van der Waals surface area contributed by atoms with E-state index in [4.69, 9.17) is 0 Å². The van der Waals surface area contributed by atoms with Crippen LogP contribution in [0.25, 0.3) is 0 Å². The average molecular weight is 275 g/mol. The van der Waals surface area contributed by atoms with Gasteiger partial charge in [0.25, 0.3) is 0 Å². The van der Waals surface area contributed by atoms with Gasteiger partial charge in [-0.25, -0.2) is 0 Å². The Bertz CT molecular complexity index is 370. The number of hydrogen-bond donors (Lipinski definition) is 1. The first-order chi connectivity index (χ1) is 9.76. The van der Waals surface area contributed by atoms with E-state index in [0.29, 0.717) is 6.04 Å². The fourth-order valence-electron chi connectivity index (χ4n) is 2.97. The van der Waals surface area contributed by atoms with Crippen LogP contribution >= 0.6 is 0 Å². The molecule has 0 bridgehead atoms. The van der Waals surface area contributed by atoms with E-state index in [9.17, 15) is 0 Å². The average Bonchev–Trinajstić information content (AvgIpc) is 2.50. The van der Waals surface area contributed by atoms with Crippen LogP contribution in [0.2, 0.25) is 0 Å². The molecule has 1 aromatic rings. The molecule has 0 aromatic heterocycles. The van der Waals surface area contributed by atoms with Crippen molar-refractivity contribution < 1.29 is 0 Å². The lowest BCUT2D eigenvalue weighted by molar-refractivity contribution is 0.500. The Morgan fingerprint density at radius 2 is 1.60 bits per heavy atom. The van der Waals surface area contributed by atoms with Gasteiger partial charge in [0, 0.05) is 6.04 Å². The van der Waals surface area contributed by atoms with Gasteiger partial charge in [0.2, 0.25) is 0 Å². The maximum Gasteiger partial charge on any atom is 0.0317 e. The van der Waals surface area contributed by atoms with Crippen LogP contribution in [-0.4, -0.2) is 7.05 Å². The van der Waals surface area contributed by atoms with Crippen molar-refractivity contribution in [1.29, 1.82) is 0 Å². The molecule has 0 heterocycles. The zero-order chi connectivity index (χ0) is 14.8. The summed E-state index contributed by atoms with van der Waals surface area (Å²) in [6.07, 6.45) is 10.4. The number of hydrogen-bond acceptors (Lipinski definition) is 1. The summed E-state index contributed by atoms with van der Waals surface area (Å²) in [6, 6.07) is 7.60. The summed E-state index contributed by atoms with van der Waals surface area (Å²) in [5.41, 5.74) is 4.50. The van der Waals surface area contributed by atoms with Gasteiger partial charge in [0.1, 0.15) is 0 Å². The van der Waals surface area contributed by atoms with Crippen molar-refractivity contribution in [3.05, 3.63) is 34.9 Å².